The first kappa shape index (κ1) is 8.20. The van der Waals surface area contributed by atoms with Crippen LogP contribution in [0.1, 0.15) is 19.9 Å². The quantitative estimate of drug-likeness (QED) is 0.687. The number of nitrogens with zero attached hydrogens (tertiary/aromatic N) is 3. The lowest BCUT2D eigenvalue weighted by molar-refractivity contribution is 0.384. The van der Waals surface area contributed by atoms with Gasteiger partial charge in [-0.15, -0.1) is 10.2 Å². The monoisotopic (exact) mass is 154 g/mol. The van der Waals surface area contributed by atoms with Crippen molar-refractivity contribution in [2.24, 2.45) is 11.7 Å². The van der Waals surface area contributed by atoms with Crippen LogP contribution in [0.25, 0.3) is 0 Å². The fourth-order valence-corrected chi connectivity index (χ4v) is 1.12. The predicted molar refractivity (Wildman–Crippen MR) is 43.0 cm³/mol. The Morgan fingerprint density at radius 3 is 2.27 bits per heavy atom. The van der Waals surface area contributed by atoms with Crippen LogP contribution >= 0.6 is 0 Å². The second-order valence-corrected chi connectivity index (χ2v) is 2.96. The Morgan fingerprint density at radius 1 is 1.36 bits per heavy atom. The molecule has 1 unspecified atom stereocenters. The van der Waals surface area contributed by atoms with E-state index < -0.39 is 0 Å². The SMILES string of the molecule is CC(C)C(CN)n1cnnc1. The first-order valence-corrected chi connectivity index (χ1v) is 3.80. The minimum Gasteiger partial charge on any atom is -0.328 e. The van der Waals surface area contributed by atoms with Crippen LogP contribution < -0.4 is 5.73 Å². The van der Waals surface area contributed by atoms with E-state index in [0.717, 1.165) is 0 Å². The van der Waals surface area contributed by atoms with Gasteiger partial charge in [0.2, 0.25) is 0 Å². The van der Waals surface area contributed by atoms with E-state index in [1.165, 1.54) is 0 Å². The third-order valence-electron chi connectivity index (χ3n) is 1.83. The van der Waals surface area contributed by atoms with Gasteiger partial charge in [-0.25, -0.2) is 0 Å². The van der Waals surface area contributed by atoms with Gasteiger partial charge in [0.25, 0.3) is 0 Å². The van der Waals surface area contributed by atoms with Gasteiger partial charge in [0.1, 0.15) is 12.7 Å². The molecule has 0 saturated carbocycles. The van der Waals surface area contributed by atoms with Crippen molar-refractivity contribution in [3.8, 4) is 0 Å². The number of hydrogen-bond acceptors (Lipinski definition) is 3. The maximum atomic E-state index is 5.59. The summed E-state index contributed by atoms with van der Waals surface area (Å²) in [4.78, 5) is 0. The van der Waals surface area contributed by atoms with Crippen LogP contribution in [-0.4, -0.2) is 21.3 Å². The van der Waals surface area contributed by atoms with Crippen LogP contribution in [0.3, 0.4) is 0 Å². The predicted octanol–water partition coefficient (Wildman–Crippen LogP) is 0.434. The molecule has 4 heteroatoms. The van der Waals surface area contributed by atoms with Crippen molar-refractivity contribution in [3.63, 3.8) is 0 Å². The molecule has 0 aliphatic rings. The fraction of sp³-hybridized carbons (Fsp3) is 0.714. The number of rotatable bonds is 3. The fourth-order valence-electron chi connectivity index (χ4n) is 1.12. The Morgan fingerprint density at radius 2 is 1.91 bits per heavy atom. The average molecular weight is 154 g/mol. The molecule has 0 aliphatic carbocycles. The van der Waals surface area contributed by atoms with E-state index in [1.807, 2.05) is 4.57 Å². The molecule has 0 saturated heterocycles. The van der Waals surface area contributed by atoms with Crippen molar-refractivity contribution in [2.45, 2.75) is 19.9 Å². The molecule has 4 nitrogen and oxygen atoms in total. The van der Waals surface area contributed by atoms with Gasteiger partial charge in [-0.2, -0.15) is 0 Å². The standard InChI is InChI=1S/C7H14N4/c1-6(2)7(3-8)11-4-9-10-5-11/h4-7H,3,8H2,1-2H3. The Balaban J connectivity index is 2.71. The highest BCUT2D eigenvalue weighted by Crippen LogP contribution is 2.14. The van der Waals surface area contributed by atoms with Gasteiger partial charge >= 0.3 is 0 Å². The summed E-state index contributed by atoms with van der Waals surface area (Å²) in [5, 5.41) is 7.46. The lowest BCUT2D eigenvalue weighted by atomic mass is 10.1. The van der Waals surface area contributed by atoms with Crippen molar-refractivity contribution in [3.05, 3.63) is 12.7 Å². The minimum atomic E-state index is 0.324. The molecule has 0 aliphatic heterocycles. The maximum absolute atomic E-state index is 5.59. The molecule has 1 aromatic rings. The Kier molecular flexibility index (Phi) is 2.59. The minimum absolute atomic E-state index is 0.324. The summed E-state index contributed by atoms with van der Waals surface area (Å²) in [7, 11) is 0. The Bertz CT molecular complexity index is 192. The van der Waals surface area contributed by atoms with E-state index in [-0.39, 0.29) is 0 Å². The van der Waals surface area contributed by atoms with Gasteiger partial charge in [-0.1, -0.05) is 13.8 Å². The van der Waals surface area contributed by atoms with E-state index in [4.69, 9.17) is 5.73 Å². The van der Waals surface area contributed by atoms with Crippen molar-refractivity contribution in [1.82, 2.24) is 14.8 Å². The number of hydrogen-bond donors (Lipinski definition) is 1. The molecule has 0 amide bonds. The second-order valence-electron chi connectivity index (χ2n) is 2.96. The van der Waals surface area contributed by atoms with Gasteiger partial charge in [0.05, 0.1) is 6.04 Å². The number of aromatic nitrogens is 3. The first-order valence-electron chi connectivity index (χ1n) is 3.80. The molecular formula is C7H14N4. The molecule has 11 heavy (non-hydrogen) atoms. The van der Waals surface area contributed by atoms with Crippen molar-refractivity contribution >= 4 is 0 Å². The van der Waals surface area contributed by atoms with E-state index in [9.17, 15) is 0 Å². The molecule has 0 bridgehead atoms. The highest BCUT2D eigenvalue weighted by molar-refractivity contribution is 4.75. The van der Waals surface area contributed by atoms with Crippen molar-refractivity contribution < 1.29 is 0 Å². The molecule has 2 N–H and O–H groups in total. The van der Waals surface area contributed by atoms with Gasteiger partial charge in [0.15, 0.2) is 0 Å². The van der Waals surface area contributed by atoms with Crippen LogP contribution in [0.4, 0.5) is 0 Å². The smallest absolute Gasteiger partial charge is 0.119 e. The van der Waals surface area contributed by atoms with E-state index >= 15 is 0 Å². The van der Waals surface area contributed by atoms with E-state index in [1.54, 1.807) is 12.7 Å². The van der Waals surface area contributed by atoms with Gasteiger partial charge in [0, 0.05) is 6.54 Å². The molecule has 1 heterocycles. The average Bonchev–Trinajstić information content (AvgIpc) is 2.40. The summed E-state index contributed by atoms with van der Waals surface area (Å²) in [6, 6.07) is 0.324. The lowest BCUT2D eigenvalue weighted by Crippen LogP contribution is -2.22. The molecule has 1 aromatic heterocycles. The van der Waals surface area contributed by atoms with Crippen molar-refractivity contribution in [1.29, 1.82) is 0 Å². The molecule has 0 spiro atoms. The first-order chi connectivity index (χ1) is 5.25. The lowest BCUT2D eigenvalue weighted by Gasteiger charge is -2.18. The summed E-state index contributed by atoms with van der Waals surface area (Å²) < 4.78 is 1.95. The zero-order valence-electron chi connectivity index (χ0n) is 6.94. The number of nitrogens with two attached hydrogens (primary N) is 1. The molecular weight excluding hydrogens is 140 g/mol. The highest BCUT2D eigenvalue weighted by atomic mass is 15.2. The maximum Gasteiger partial charge on any atom is 0.119 e. The molecule has 0 radical (unpaired) electrons. The van der Waals surface area contributed by atoms with Gasteiger partial charge in [-0.3, -0.25) is 0 Å². The van der Waals surface area contributed by atoms with Crippen LogP contribution in [-0.2, 0) is 0 Å². The molecule has 62 valence electrons. The summed E-state index contributed by atoms with van der Waals surface area (Å²) in [5.41, 5.74) is 5.59. The topological polar surface area (TPSA) is 56.7 Å². The molecule has 1 atom stereocenters. The second kappa shape index (κ2) is 3.48. The van der Waals surface area contributed by atoms with Gasteiger partial charge < -0.3 is 10.3 Å². The molecule has 1 rings (SSSR count). The Hall–Kier alpha value is -0.900. The van der Waals surface area contributed by atoms with Crippen LogP contribution in [0.15, 0.2) is 12.7 Å². The van der Waals surface area contributed by atoms with E-state index in [0.29, 0.717) is 18.5 Å². The third kappa shape index (κ3) is 1.77. The summed E-state index contributed by atoms with van der Waals surface area (Å²) >= 11 is 0. The van der Waals surface area contributed by atoms with Crippen LogP contribution in [0, 0.1) is 5.92 Å². The summed E-state index contributed by atoms with van der Waals surface area (Å²) in [5.74, 6) is 0.524. The molecule has 0 aromatic carbocycles. The van der Waals surface area contributed by atoms with E-state index in [2.05, 4.69) is 24.0 Å². The highest BCUT2D eigenvalue weighted by Gasteiger charge is 2.12. The molecule has 0 fully saturated rings. The van der Waals surface area contributed by atoms with Gasteiger partial charge in [-0.05, 0) is 5.92 Å². The zero-order chi connectivity index (χ0) is 8.27. The van der Waals surface area contributed by atoms with Crippen LogP contribution in [0.5, 0.6) is 0 Å². The largest absolute Gasteiger partial charge is 0.328 e. The Labute approximate surface area is 66.4 Å². The summed E-state index contributed by atoms with van der Waals surface area (Å²) in [6.45, 7) is 4.91. The van der Waals surface area contributed by atoms with Crippen molar-refractivity contribution in [2.75, 3.05) is 6.54 Å². The summed E-state index contributed by atoms with van der Waals surface area (Å²) in [6.07, 6.45) is 3.41. The third-order valence-corrected chi connectivity index (χ3v) is 1.83. The zero-order valence-corrected chi connectivity index (χ0v) is 6.94. The normalized spacial score (nSPS) is 13.8. The van der Waals surface area contributed by atoms with Crippen LogP contribution in [0.2, 0.25) is 0 Å².